The molecule has 310 valence electrons. The summed E-state index contributed by atoms with van der Waals surface area (Å²) in [5, 5.41) is 13.4. The minimum absolute atomic E-state index is 0.130. The van der Waals surface area contributed by atoms with E-state index < -0.39 is 17.2 Å². The summed E-state index contributed by atoms with van der Waals surface area (Å²) >= 11 is 13.9. The van der Waals surface area contributed by atoms with Gasteiger partial charge in [-0.3, -0.25) is 24.4 Å². The summed E-state index contributed by atoms with van der Waals surface area (Å²) in [7, 11) is 3.47. The summed E-state index contributed by atoms with van der Waals surface area (Å²) in [4.78, 5) is 39.8. The average Bonchev–Trinajstić information content (AvgIpc) is 4.01. The molecule has 2 aliphatic heterocycles. The summed E-state index contributed by atoms with van der Waals surface area (Å²) in [6, 6.07) is 12.3. The fourth-order valence-corrected chi connectivity index (χ4v) is 11.4. The van der Waals surface area contributed by atoms with Gasteiger partial charge >= 0.3 is 5.97 Å². The SMILES string of the molecule is COc1cc(/C(F)=C/c2cccc(-c3cccc(NC(=O)c4nc5c(n4C)CCN(CCC46CCC(C(=O)O)(CC4)C6)C5)c3Cl)c2Cl)ncc1CN1CCC2(CCC2)C1. The highest BCUT2D eigenvalue weighted by atomic mass is 35.5. The predicted molar refractivity (Wildman–Crippen MR) is 228 cm³/mol. The molecule has 2 aromatic heterocycles. The lowest BCUT2D eigenvalue weighted by Crippen LogP contribution is -2.34. The Morgan fingerprint density at radius 3 is 2.46 bits per heavy atom. The van der Waals surface area contributed by atoms with Gasteiger partial charge in [0.1, 0.15) is 17.3 Å². The van der Waals surface area contributed by atoms with Crippen molar-refractivity contribution in [2.24, 2.45) is 23.3 Å². The number of aliphatic carboxylic acids is 1. The number of hydrogen-bond acceptors (Lipinski definition) is 7. The van der Waals surface area contributed by atoms with Crippen LogP contribution in [0.3, 0.4) is 0 Å². The van der Waals surface area contributed by atoms with Crippen LogP contribution in [0, 0.1) is 16.2 Å². The van der Waals surface area contributed by atoms with Gasteiger partial charge in [-0.1, -0.05) is 60.0 Å². The number of carboxylic acid groups (broad SMARTS) is 1. The Kier molecular flexibility index (Phi) is 10.6. The molecule has 0 radical (unpaired) electrons. The zero-order valence-electron chi connectivity index (χ0n) is 33.8. The van der Waals surface area contributed by atoms with Gasteiger partial charge in [0.05, 0.1) is 34.0 Å². The first-order valence-electron chi connectivity index (χ1n) is 20.9. The highest BCUT2D eigenvalue weighted by Gasteiger charge is 2.57. The lowest BCUT2D eigenvalue weighted by atomic mass is 9.68. The molecule has 59 heavy (non-hydrogen) atoms. The van der Waals surface area contributed by atoms with Crippen molar-refractivity contribution < 1.29 is 23.8 Å². The Morgan fingerprint density at radius 2 is 1.76 bits per heavy atom. The number of hydrogen-bond donors (Lipinski definition) is 2. The number of ether oxygens (including phenoxy) is 1. The van der Waals surface area contributed by atoms with Crippen LogP contribution in [0.1, 0.15) is 103 Å². The van der Waals surface area contributed by atoms with Crippen LogP contribution < -0.4 is 10.1 Å². The number of rotatable bonds is 12. The molecule has 1 spiro atoms. The van der Waals surface area contributed by atoms with Crippen LogP contribution in [0.25, 0.3) is 23.0 Å². The van der Waals surface area contributed by atoms with Gasteiger partial charge in [-0.05, 0) is 99.4 Å². The van der Waals surface area contributed by atoms with E-state index >= 15 is 4.39 Å². The van der Waals surface area contributed by atoms with Crippen LogP contribution in [0.15, 0.2) is 48.7 Å². The maximum atomic E-state index is 15.9. The monoisotopic (exact) mass is 840 g/mol. The van der Waals surface area contributed by atoms with Gasteiger partial charge in [0, 0.05) is 74.3 Å². The molecule has 0 atom stereocenters. The van der Waals surface area contributed by atoms with Crippen molar-refractivity contribution in [3.05, 3.63) is 92.7 Å². The van der Waals surface area contributed by atoms with E-state index in [1.807, 2.05) is 23.7 Å². The van der Waals surface area contributed by atoms with Crippen molar-refractivity contribution >= 4 is 52.7 Å². The number of carbonyl (C=O) groups excluding carboxylic acids is 1. The molecule has 4 aromatic rings. The van der Waals surface area contributed by atoms with E-state index in [9.17, 15) is 14.7 Å². The maximum Gasteiger partial charge on any atom is 0.309 e. The number of benzene rings is 2. The third-order valence-corrected chi connectivity index (χ3v) is 15.3. The molecule has 0 unspecified atom stereocenters. The second-order valence-corrected chi connectivity index (χ2v) is 18.7. The van der Waals surface area contributed by atoms with Gasteiger partial charge in [-0.2, -0.15) is 0 Å². The molecule has 3 saturated carbocycles. The topological polar surface area (TPSA) is 113 Å². The van der Waals surface area contributed by atoms with Gasteiger partial charge in [-0.15, -0.1) is 0 Å². The lowest BCUT2D eigenvalue weighted by molar-refractivity contribution is -0.148. The zero-order valence-corrected chi connectivity index (χ0v) is 35.3. The van der Waals surface area contributed by atoms with Gasteiger partial charge < -0.3 is 19.7 Å². The van der Waals surface area contributed by atoms with Crippen molar-refractivity contribution in [3.8, 4) is 16.9 Å². The number of likely N-dealkylation sites (tertiary alicyclic amines) is 1. The largest absolute Gasteiger partial charge is 0.496 e. The molecule has 4 fully saturated rings. The van der Waals surface area contributed by atoms with E-state index in [2.05, 4.69) is 20.1 Å². The van der Waals surface area contributed by atoms with Crippen LogP contribution >= 0.6 is 23.2 Å². The van der Waals surface area contributed by atoms with Crippen LogP contribution in [-0.2, 0) is 31.4 Å². The Morgan fingerprint density at radius 1 is 1.00 bits per heavy atom. The van der Waals surface area contributed by atoms with Crippen LogP contribution in [0.2, 0.25) is 10.0 Å². The molecule has 3 aliphatic carbocycles. The normalized spacial score (nSPS) is 23.7. The van der Waals surface area contributed by atoms with Crippen LogP contribution in [0.4, 0.5) is 10.1 Å². The van der Waals surface area contributed by atoms with Crippen LogP contribution in [0.5, 0.6) is 5.75 Å². The molecule has 13 heteroatoms. The van der Waals surface area contributed by atoms with E-state index in [0.29, 0.717) is 56.0 Å². The summed E-state index contributed by atoms with van der Waals surface area (Å²) in [6.45, 7) is 5.26. The number of imidazole rings is 1. The smallest absolute Gasteiger partial charge is 0.309 e. The number of anilines is 1. The Hall–Kier alpha value is -4.29. The maximum absolute atomic E-state index is 15.9. The van der Waals surface area contributed by atoms with Crippen molar-refractivity contribution in [2.45, 2.75) is 83.7 Å². The standard InChI is InChI=1S/C46H51Cl2FN6O4/c1-53-37-10-19-54(20-17-44-13-15-46(27-44,16-14-44)43(57)58)26-36(37)51-41(53)42(56)52-34-9-4-8-32(40(34)48)31-7-3-6-29(39(31)47)22-33(49)35-23-38(59-2)30(24-50-35)25-55-21-18-45(28-55)11-5-12-45/h3-4,6-9,22-24H,5,10-21,25-28H2,1-2H3,(H,52,56)(H,57,58)/b33-22-. The predicted octanol–water partition coefficient (Wildman–Crippen LogP) is 9.68. The van der Waals surface area contributed by atoms with E-state index in [-0.39, 0.29) is 17.0 Å². The summed E-state index contributed by atoms with van der Waals surface area (Å²) < 4.78 is 23.4. The van der Waals surface area contributed by atoms with Crippen LogP contribution in [-0.4, -0.2) is 74.6 Å². The highest BCUT2D eigenvalue weighted by molar-refractivity contribution is 6.39. The van der Waals surface area contributed by atoms with Crippen molar-refractivity contribution in [2.75, 3.05) is 38.6 Å². The lowest BCUT2D eigenvalue weighted by Gasteiger charge is -2.38. The number of methoxy groups -OCH3 is 1. The highest BCUT2D eigenvalue weighted by Crippen LogP contribution is 2.63. The van der Waals surface area contributed by atoms with Gasteiger partial charge in [0.25, 0.3) is 5.91 Å². The van der Waals surface area contributed by atoms with E-state index in [1.165, 1.54) is 31.8 Å². The van der Waals surface area contributed by atoms with Gasteiger partial charge in [-0.25, -0.2) is 9.37 Å². The number of halogens is 3. The Bertz CT molecular complexity index is 2350. The zero-order chi connectivity index (χ0) is 41.1. The Balaban J connectivity index is 0.871. The minimum Gasteiger partial charge on any atom is -0.496 e. The first kappa shape index (κ1) is 40.1. The fraction of sp³-hybridized carbons (Fsp3) is 0.478. The van der Waals surface area contributed by atoms with E-state index in [1.54, 1.807) is 43.6 Å². The molecule has 1 saturated heterocycles. The molecule has 10 nitrogen and oxygen atoms in total. The number of nitrogens with one attached hydrogen (secondary N) is 1. The molecule has 2 aromatic carbocycles. The quantitative estimate of drug-likeness (QED) is 0.145. The number of aromatic nitrogens is 3. The first-order chi connectivity index (χ1) is 28.4. The number of carboxylic acids is 1. The van der Waals surface area contributed by atoms with Crippen molar-refractivity contribution in [1.82, 2.24) is 24.3 Å². The average molecular weight is 842 g/mol. The third kappa shape index (κ3) is 7.46. The van der Waals surface area contributed by atoms with E-state index in [0.717, 1.165) is 94.6 Å². The van der Waals surface area contributed by atoms with Crippen molar-refractivity contribution in [1.29, 1.82) is 0 Å². The summed E-state index contributed by atoms with van der Waals surface area (Å²) in [6.07, 6.45) is 14.4. The van der Waals surface area contributed by atoms with Gasteiger partial charge in [0.2, 0.25) is 0 Å². The second kappa shape index (κ2) is 15.6. The summed E-state index contributed by atoms with van der Waals surface area (Å²) in [5.41, 5.74) is 5.13. The van der Waals surface area contributed by atoms with Gasteiger partial charge in [0.15, 0.2) is 5.82 Å². The number of nitrogens with zero attached hydrogens (tertiary/aromatic N) is 5. The molecular formula is C46H51Cl2FN6O4. The van der Waals surface area contributed by atoms with E-state index in [4.69, 9.17) is 32.9 Å². The molecule has 1 amide bonds. The first-order valence-corrected chi connectivity index (χ1v) is 21.7. The minimum atomic E-state index is -0.629. The number of fused-ring (bicyclic) bond motifs is 3. The number of amides is 1. The Labute approximate surface area is 354 Å². The molecule has 9 rings (SSSR count). The summed E-state index contributed by atoms with van der Waals surface area (Å²) in [5.74, 6) is -0.659. The number of pyridine rings is 1. The molecule has 2 bridgehead atoms. The molecule has 4 heterocycles. The molecule has 5 aliphatic rings. The third-order valence-electron chi connectivity index (χ3n) is 14.5. The van der Waals surface area contributed by atoms with Crippen molar-refractivity contribution in [3.63, 3.8) is 0 Å². The molecule has 2 N–H and O–H groups in total. The molecular weight excluding hydrogens is 790 g/mol. The number of carbonyl (C=O) groups is 2. The second-order valence-electron chi connectivity index (χ2n) is 17.9. The fourth-order valence-electron chi connectivity index (χ4n) is 10.8.